The average Bonchev–Trinajstić information content (AvgIpc) is 3.22. The van der Waals surface area contributed by atoms with Crippen molar-refractivity contribution in [2.75, 3.05) is 20.3 Å². The van der Waals surface area contributed by atoms with Crippen LogP contribution in [-0.2, 0) is 28.6 Å². The Morgan fingerprint density at radius 1 is 1.17 bits per heavy atom. The molecule has 7 heteroatoms. The molecule has 3 aliphatic rings. The highest BCUT2D eigenvalue weighted by Crippen LogP contribution is 2.55. The number of cyclic esters (lactones) is 1. The van der Waals surface area contributed by atoms with E-state index >= 15 is 0 Å². The van der Waals surface area contributed by atoms with Crippen LogP contribution in [0.5, 0.6) is 0 Å². The number of rotatable bonds is 4. The van der Waals surface area contributed by atoms with Crippen molar-refractivity contribution in [3.8, 4) is 0 Å². The van der Waals surface area contributed by atoms with Crippen molar-refractivity contribution in [2.24, 2.45) is 23.7 Å². The van der Waals surface area contributed by atoms with Crippen LogP contribution in [0.2, 0.25) is 0 Å². The lowest BCUT2D eigenvalue weighted by atomic mass is 9.78. The number of ether oxygens (including phenoxy) is 3. The molecule has 4 rings (SSSR count). The standard InChI is InChI=1S/C22H22O7/c1-3-28-21(25)19-18-14(10-29-22(19)26)8-13-9-15(23)16(17(13)18)11-4-6-12(7-5-11)20(24)27-2/h4-7,13-14,18-19H,3,8-10H2,1-2H3/t13-,14-,18+,19-/m0/s1. The Labute approximate surface area is 168 Å². The molecule has 0 amide bonds. The third-order valence-electron chi connectivity index (χ3n) is 6.08. The van der Waals surface area contributed by atoms with Gasteiger partial charge in [0.1, 0.15) is 0 Å². The van der Waals surface area contributed by atoms with Gasteiger partial charge in [-0.3, -0.25) is 14.4 Å². The van der Waals surface area contributed by atoms with E-state index in [4.69, 9.17) is 14.2 Å². The predicted molar refractivity (Wildman–Crippen MR) is 100 cm³/mol. The number of carbonyl (C=O) groups is 4. The van der Waals surface area contributed by atoms with Gasteiger partial charge in [0.05, 0.1) is 25.9 Å². The van der Waals surface area contributed by atoms with E-state index in [9.17, 15) is 19.2 Å². The number of hydrogen-bond acceptors (Lipinski definition) is 7. The Morgan fingerprint density at radius 3 is 2.55 bits per heavy atom. The van der Waals surface area contributed by atoms with Crippen molar-refractivity contribution in [1.29, 1.82) is 0 Å². The number of esters is 3. The summed E-state index contributed by atoms with van der Waals surface area (Å²) in [6, 6.07) is 6.64. The van der Waals surface area contributed by atoms with E-state index in [0.29, 0.717) is 29.5 Å². The van der Waals surface area contributed by atoms with Crippen LogP contribution in [0, 0.1) is 23.7 Å². The van der Waals surface area contributed by atoms with Crippen molar-refractivity contribution in [1.82, 2.24) is 0 Å². The summed E-state index contributed by atoms with van der Waals surface area (Å²) in [5.74, 6) is -3.07. The minimum atomic E-state index is -1.04. The van der Waals surface area contributed by atoms with Gasteiger partial charge in [0.25, 0.3) is 0 Å². The van der Waals surface area contributed by atoms with Crippen molar-refractivity contribution in [3.05, 3.63) is 41.0 Å². The summed E-state index contributed by atoms with van der Waals surface area (Å²) in [7, 11) is 1.31. The molecule has 4 atom stereocenters. The normalized spacial score (nSPS) is 27.9. The summed E-state index contributed by atoms with van der Waals surface area (Å²) in [5, 5.41) is 0. The Kier molecular flexibility index (Phi) is 4.98. The second-order valence-electron chi connectivity index (χ2n) is 7.60. The lowest BCUT2D eigenvalue weighted by molar-refractivity contribution is -0.171. The van der Waals surface area contributed by atoms with E-state index in [1.807, 2.05) is 0 Å². The zero-order chi connectivity index (χ0) is 20.7. The maximum atomic E-state index is 12.8. The van der Waals surface area contributed by atoms with Gasteiger partial charge in [0.2, 0.25) is 0 Å². The van der Waals surface area contributed by atoms with Gasteiger partial charge in [0.15, 0.2) is 11.7 Å². The fourth-order valence-electron chi connectivity index (χ4n) is 4.96. The molecule has 0 radical (unpaired) electrons. The maximum absolute atomic E-state index is 12.8. The lowest BCUT2D eigenvalue weighted by Crippen LogP contribution is -2.43. The number of fused-ring (bicyclic) bond motifs is 3. The topological polar surface area (TPSA) is 96.0 Å². The fraction of sp³-hybridized carbons (Fsp3) is 0.455. The summed E-state index contributed by atoms with van der Waals surface area (Å²) >= 11 is 0. The number of ketones is 1. The zero-order valence-corrected chi connectivity index (χ0v) is 16.3. The second-order valence-corrected chi connectivity index (χ2v) is 7.60. The summed E-state index contributed by atoms with van der Waals surface area (Å²) in [5.41, 5.74) is 2.49. The first-order chi connectivity index (χ1) is 14.0. The molecule has 0 unspecified atom stereocenters. The van der Waals surface area contributed by atoms with Crippen LogP contribution in [-0.4, -0.2) is 44.0 Å². The van der Waals surface area contributed by atoms with Crippen molar-refractivity contribution >= 4 is 29.3 Å². The number of Topliss-reactive ketones (excluding diaryl/α,β-unsaturated/α-hetero) is 1. The monoisotopic (exact) mass is 398 g/mol. The molecule has 29 heavy (non-hydrogen) atoms. The third-order valence-corrected chi connectivity index (χ3v) is 6.08. The first-order valence-electron chi connectivity index (χ1n) is 9.75. The minimum Gasteiger partial charge on any atom is -0.465 e. The van der Waals surface area contributed by atoms with Gasteiger partial charge in [-0.1, -0.05) is 17.7 Å². The molecule has 0 N–H and O–H groups in total. The highest BCUT2D eigenvalue weighted by molar-refractivity contribution is 6.24. The van der Waals surface area contributed by atoms with E-state index < -0.39 is 23.8 Å². The third kappa shape index (κ3) is 3.14. The summed E-state index contributed by atoms with van der Waals surface area (Å²) in [6.07, 6.45) is 1.07. The Bertz CT molecular complexity index is 912. The van der Waals surface area contributed by atoms with Gasteiger partial charge in [0, 0.05) is 23.8 Å². The zero-order valence-electron chi connectivity index (χ0n) is 16.3. The predicted octanol–water partition coefficient (Wildman–Crippen LogP) is 2.19. The highest BCUT2D eigenvalue weighted by Gasteiger charge is 2.56. The Hall–Kier alpha value is -2.96. The molecule has 7 nitrogen and oxygen atoms in total. The van der Waals surface area contributed by atoms with Crippen molar-refractivity contribution < 1.29 is 33.4 Å². The quantitative estimate of drug-likeness (QED) is 0.436. The molecule has 1 saturated heterocycles. The molecule has 152 valence electrons. The Morgan fingerprint density at radius 2 is 1.90 bits per heavy atom. The first-order valence-corrected chi connectivity index (χ1v) is 9.75. The van der Waals surface area contributed by atoms with Crippen LogP contribution < -0.4 is 0 Å². The van der Waals surface area contributed by atoms with Crippen LogP contribution in [0.25, 0.3) is 5.57 Å². The minimum absolute atomic E-state index is 0.000418. The van der Waals surface area contributed by atoms with E-state index in [1.165, 1.54) is 7.11 Å². The number of benzene rings is 1. The molecule has 2 aliphatic carbocycles. The molecule has 1 saturated carbocycles. The SMILES string of the molecule is CCOC(=O)[C@H]1C(=O)OC[C@@H]2C[C@H]3CC(=O)C(c4ccc(C(=O)OC)cc4)=C3[C@@H]21. The fourth-order valence-corrected chi connectivity index (χ4v) is 4.96. The molecule has 1 heterocycles. The van der Waals surface area contributed by atoms with E-state index in [1.54, 1.807) is 31.2 Å². The van der Waals surface area contributed by atoms with Crippen molar-refractivity contribution in [3.63, 3.8) is 0 Å². The summed E-state index contributed by atoms with van der Waals surface area (Å²) < 4.78 is 15.1. The van der Waals surface area contributed by atoms with Crippen LogP contribution in [0.3, 0.4) is 0 Å². The number of allylic oxidation sites excluding steroid dienone is 2. The summed E-state index contributed by atoms with van der Waals surface area (Å²) in [4.78, 5) is 49.5. The molecular weight excluding hydrogens is 376 g/mol. The molecular formula is C22H22O7. The van der Waals surface area contributed by atoms with E-state index in [2.05, 4.69) is 0 Å². The van der Waals surface area contributed by atoms with Crippen LogP contribution in [0.15, 0.2) is 29.8 Å². The molecule has 0 aromatic heterocycles. The maximum Gasteiger partial charge on any atom is 0.337 e. The molecule has 0 bridgehead atoms. The van der Waals surface area contributed by atoms with Gasteiger partial charge < -0.3 is 14.2 Å². The first kappa shape index (κ1) is 19.4. The van der Waals surface area contributed by atoms with Gasteiger partial charge in [-0.2, -0.15) is 0 Å². The highest BCUT2D eigenvalue weighted by atomic mass is 16.6. The molecule has 1 aromatic rings. The van der Waals surface area contributed by atoms with Gasteiger partial charge >= 0.3 is 17.9 Å². The average molecular weight is 398 g/mol. The van der Waals surface area contributed by atoms with Gasteiger partial charge in [-0.05, 0) is 37.0 Å². The second kappa shape index (κ2) is 7.46. The molecule has 0 spiro atoms. The van der Waals surface area contributed by atoms with Gasteiger partial charge in [-0.25, -0.2) is 4.79 Å². The Balaban J connectivity index is 1.77. The smallest absolute Gasteiger partial charge is 0.337 e. The van der Waals surface area contributed by atoms with Crippen LogP contribution in [0.4, 0.5) is 0 Å². The number of carbonyl (C=O) groups excluding carboxylic acids is 4. The molecule has 1 aliphatic heterocycles. The van der Waals surface area contributed by atoms with Crippen molar-refractivity contribution in [2.45, 2.75) is 19.8 Å². The van der Waals surface area contributed by atoms with E-state index in [-0.39, 0.29) is 36.8 Å². The van der Waals surface area contributed by atoms with E-state index in [0.717, 1.165) is 5.57 Å². The van der Waals surface area contributed by atoms with Gasteiger partial charge in [-0.15, -0.1) is 0 Å². The van der Waals surface area contributed by atoms with Crippen LogP contribution in [0.1, 0.15) is 35.7 Å². The molecule has 2 fully saturated rings. The summed E-state index contributed by atoms with van der Waals surface area (Å²) in [6.45, 7) is 2.11. The number of methoxy groups -OCH3 is 1. The van der Waals surface area contributed by atoms with Crippen LogP contribution >= 0.6 is 0 Å². The molecule has 1 aromatic carbocycles. The lowest BCUT2D eigenvalue weighted by Gasteiger charge is -2.32. The largest absolute Gasteiger partial charge is 0.465 e. The number of hydrogen-bond donors (Lipinski definition) is 0.